The van der Waals surface area contributed by atoms with E-state index in [1.807, 2.05) is 25.1 Å². The fraction of sp³-hybridized carbons (Fsp3) is 0.250. The van der Waals surface area contributed by atoms with E-state index < -0.39 is 10.0 Å². The van der Waals surface area contributed by atoms with Gasteiger partial charge in [0.15, 0.2) is 0 Å². The summed E-state index contributed by atoms with van der Waals surface area (Å²) in [4.78, 5) is 0.282. The molecule has 2 aromatic carbocycles. The highest BCUT2D eigenvalue weighted by atomic mass is 35.5. The second-order valence-electron chi connectivity index (χ2n) is 4.89. The minimum Gasteiger partial charge on any atom is -0.269 e. The van der Waals surface area contributed by atoms with Crippen molar-refractivity contribution in [3.63, 3.8) is 0 Å². The normalized spacial score (nSPS) is 11.4. The summed E-state index contributed by atoms with van der Waals surface area (Å²) in [5.41, 5.74) is 2.70. The molecule has 0 radical (unpaired) electrons. The Bertz CT molecular complexity index is 711. The molecule has 5 heteroatoms. The van der Waals surface area contributed by atoms with Crippen LogP contribution in [-0.2, 0) is 16.4 Å². The topological polar surface area (TPSA) is 37.4 Å². The summed E-state index contributed by atoms with van der Waals surface area (Å²) in [5.74, 6) is 0.523. The maximum Gasteiger partial charge on any atom is 0.264 e. The summed E-state index contributed by atoms with van der Waals surface area (Å²) in [6.07, 6.45) is 0.732. The number of hydrogen-bond donors (Lipinski definition) is 0. The molecule has 2 rings (SSSR count). The Balaban J connectivity index is 2.32. The van der Waals surface area contributed by atoms with E-state index in [2.05, 4.69) is 0 Å². The van der Waals surface area contributed by atoms with Gasteiger partial charge in [-0.3, -0.25) is 4.31 Å². The minimum atomic E-state index is -3.54. The molecular weight excluding hydrogens is 306 g/mol. The number of rotatable bonds is 5. The standard InChI is InChI=1S/C16H18ClNO2S/c1-13-4-3-5-15(12-13)18(2)21(19,20)16-8-6-14(7-9-16)10-11-17/h3-9,12H,10-11H2,1-2H3. The van der Waals surface area contributed by atoms with Crippen molar-refractivity contribution in [2.45, 2.75) is 18.2 Å². The van der Waals surface area contributed by atoms with Crippen LogP contribution in [0.4, 0.5) is 5.69 Å². The summed E-state index contributed by atoms with van der Waals surface area (Å²) < 4.78 is 26.5. The monoisotopic (exact) mass is 323 g/mol. The zero-order chi connectivity index (χ0) is 15.5. The molecule has 2 aromatic rings. The van der Waals surface area contributed by atoms with Crippen LogP contribution >= 0.6 is 11.6 Å². The molecule has 0 amide bonds. The van der Waals surface area contributed by atoms with Crippen molar-refractivity contribution in [2.75, 3.05) is 17.2 Å². The van der Waals surface area contributed by atoms with Crippen molar-refractivity contribution < 1.29 is 8.42 Å². The molecule has 0 atom stereocenters. The van der Waals surface area contributed by atoms with Gasteiger partial charge in [-0.15, -0.1) is 11.6 Å². The first kappa shape index (κ1) is 15.9. The van der Waals surface area contributed by atoms with E-state index >= 15 is 0 Å². The van der Waals surface area contributed by atoms with Crippen LogP contribution in [0.15, 0.2) is 53.4 Å². The van der Waals surface area contributed by atoms with Gasteiger partial charge in [0.2, 0.25) is 0 Å². The predicted molar refractivity (Wildman–Crippen MR) is 87.6 cm³/mol. The lowest BCUT2D eigenvalue weighted by molar-refractivity contribution is 0.594. The van der Waals surface area contributed by atoms with Gasteiger partial charge in [0.1, 0.15) is 0 Å². The Kier molecular flexibility index (Phi) is 4.91. The van der Waals surface area contributed by atoms with Gasteiger partial charge in [-0.25, -0.2) is 8.42 Å². The lowest BCUT2D eigenvalue weighted by Crippen LogP contribution is -2.26. The SMILES string of the molecule is Cc1cccc(N(C)S(=O)(=O)c2ccc(CCCl)cc2)c1. The predicted octanol–water partition coefficient (Wildman–Crippen LogP) is 3.60. The van der Waals surface area contributed by atoms with Crippen molar-refractivity contribution in [1.82, 2.24) is 0 Å². The zero-order valence-corrected chi connectivity index (χ0v) is 13.7. The fourth-order valence-electron chi connectivity index (χ4n) is 2.06. The van der Waals surface area contributed by atoms with E-state index in [1.165, 1.54) is 4.31 Å². The molecule has 0 aliphatic heterocycles. The van der Waals surface area contributed by atoms with Gasteiger partial charge in [0.25, 0.3) is 10.0 Å². The van der Waals surface area contributed by atoms with Crippen LogP contribution in [0.2, 0.25) is 0 Å². The Morgan fingerprint density at radius 1 is 1.10 bits per heavy atom. The molecule has 0 fully saturated rings. The molecule has 0 unspecified atom stereocenters. The maximum absolute atomic E-state index is 12.6. The van der Waals surface area contributed by atoms with Crippen LogP contribution in [0.1, 0.15) is 11.1 Å². The Labute approximate surface area is 131 Å². The molecule has 0 spiro atoms. The molecule has 0 aliphatic rings. The van der Waals surface area contributed by atoms with E-state index in [-0.39, 0.29) is 4.90 Å². The molecule has 0 N–H and O–H groups in total. The van der Waals surface area contributed by atoms with Crippen LogP contribution in [0.25, 0.3) is 0 Å². The van der Waals surface area contributed by atoms with E-state index in [0.717, 1.165) is 17.5 Å². The third-order valence-corrected chi connectivity index (χ3v) is 5.32. The summed E-state index contributed by atoms with van der Waals surface area (Å²) in [7, 11) is -1.97. The van der Waals surface area contributed by atoms with Gasteiger partial charge in [-0.2, -0.15) is 0 Å². The first-order valence-corrected chi connectivity index (χ1v) is 8.63. The molecule has 0 bridgehead atoms. The number of anilines is 1. The lowest BCUT2D eigenvalue weighted by atomic mass is 10.2. The maximum atomic E-state index is 12.6. The minimum absolute atomic E-state index is 0.282. The number of nitrogens with zero attached hydrogens (tertiary/aromatic N) is 1. The molecule has 0 heterocycles. The van der Waals surface area contributed by atoms with Crippen molar-refractivity contribution >= 4 is 27.3 Å². The third-order valence-electron chi connectivity index (χ3n) is 3.33. The molecule has 0 saturated carbocycles. The summed E-state index contributed by atoms with van der Waals surface area (Å²) in [5, 5.41) is 0. The fourth-order valence-corrected chi connectivity index (χ4v) is 3.46. The van der Waals surface area contributed by atoms with Gasteiger partial charge in [0.05, 0.1) is 10.6 Å². The molecule has 21 heavy (non-hydrogen) atoms. The Hall–Kier alpha value is -1.52. The lowest BCUT2D eigenvalue weighted by Gasteiger charge is -2.20. The second-order valence-corrected chi connectivity index (χ2v) is 7.24. The van der Waals surface area contributed by atoms with E-state index in [4.69, 9.17) is 11.6 Å². The van der Waals surface area contributed by atoms with E-state index in [9.17, 15) is 8.42 Å². The van der Waals surface area contributed by atoms with Crippen LogP contribution in [0.5, 0.6) is 0 Å². The molecule has 0 aromatic heterocycles. The Morgan fingerprint density at radius 2 is 1.76 bits per heavy atom. The first-order valence-electron chi connectivity index (χ1n) is 6.65. The summed E-state index contributed by atoms with van der Waals surface area (Å²) in [6, 6.07) is 14.3. The van der Waals surface area contributed by atoms with Gasteiger partial charge in [-0.1, -0.05) is 24.3 Å². The summed E-state index contributed by atoms with van der Waals surface area (Å²) in [6.45, 7) is 1.94. The number of benzene rings is 2. The van der Waals surface area contributed by atoms with Crippen LogP contribution in [-0.4, -0.2) is 21.3 Å². The van der Waals surface area contributed by atoms with Crippen molar-refractivity contribution in [3.8, 4) is 0 Å². The smallest absolute Gasteiger partial charge is 0.264 e. The summed E-state index contributed by atoms with van der Waals surface area (Å²) >= 11 is 5.68. The van der Waals surface area contributed by atoms with Crippen LogP contribution < -0.4 is 4.31 Å². The quantitative estimate of drug-likeness (QED) is 0.788. The first-order chi connectivity index (χ1) is 9.95. The third kappa shape index (κ3) is 3.57. The highest BCUT2D eigenvalue weighted by molar-refractivity contribution is 7.92. The van der Waals surface area contributed by atoms with E-state index in [1.54, 1.807) is 37.4 Å². The second kappa shape index (κ2) is 6.50. The van der Waals surface area contributed by atoms with Gasteiger partial charge in [0, 0.05) is 12.9 Å². The molecule has 3 nitrogen and oxygen atoms in total. The average molecular weight is 324 g/mol. The number of sulfonamides is 1. The highest BCUT2D eigenvalue weighted by Gasteiger charge is 2.21. The van der Waals surface area contributed by atoms with Gasteiger partial charge >= 0.3 is 0 Å². The highest BCUT2D eigenvalue weighted by Crippen LogP contribution is 2.23. The van der Waals surface area contributed by atoms with Gasteiger partial charge < -0.3 is 0 Å². The molecule has 0 saturated heterocycles. The van der Waals surface area contributed by atoms with Crippen LogP contribution in [0.3, 0.4) is 0 Å². The van der Waals surface area contributed by atoms with Crippen molar-refractivity contribution in [3.05, 3.63) is 59.7 Å². The molecular formula is C16H18ClNO2S. The molecule has 0 aliphatic carbocycles. The Morgan fingerprint density at radius 3 is 2.33 bits per heavy atom. The molecule has 112 valence electrons. The number of aryl methyl sites for hydroxylation is 2. The van der Waals surface area contributed by atoms with Gasteiger partial charge in [-0.05, 0) is 48.7 Å². The van der Waals surface area contributed by atoms with E-state index in [0.29, 0.717) is 11.6 Å². The largest absolute Gasteiger partial charge is 0.269 e. The number of alkyl halides is 1. The van der Waals surface area contributed by atoms with Crippen LogP contribution in [0, 0.1) is 6.92 Å². The number of halogens is 1. The number of hydrogen-bond acceptors (Lipinski definition) is 2. The average Bonchev–Trinajstić information content (AvgIpc) is 2.47. The van der Waals surface area contributed by atoms with Crippen molar-refractivity contribution in [2.24, 2.45) is 0 Å². The van der Waals surface area contributed by atoms with Crippen molar-refractivity contribution in [1.29, 1.82) is 0 Å². The zero-order valence-electron chi connectivity index (χ0n) is 12.1.